The summed E-state index contributed by atoms with van der Waals surface area (Å²) in [5.41, 5.74) is 7.15. The average Bonchev–Trinajstić information content (AvgIpc) is 2.46. The van der Waals surface area contributed by atoms with Crippen molar-refractivity contribution in [2.24, 2.45) is 5.73 Å². The van der Waals surface area contributed by atoms with Crippen LogP contribution in [0.15, 0.2) is 24.3 Å². The summed E-state index contributed by atoms with van der Waals surface area (Å²) in [5, 5.41) is 5.28. The quantitative estimate of drug-likeness (QED) is 0.754. The van der Waals surface area contributed by atoms with Crippen molar-refractivity contribution in [1.29, 1.82) is 0 Å². The lowest BCUT2D eigenvalue weighted by molar-refractivity contribution is -0.131. The van der Waals surface area contributed by atoms with Crippen molar-refractivity contribution < 1.29 is 9.59 Å². The third kappa shape index (κ3) is 4.55. The Morgan fingerprint density at radius 2 is 1.90 bits per heavy atom. The lowest BCUT2D eigenvalue weighted by Gasteiger charge is -2.20. The number of nitrogens with zero attached hydrogens (tertiary/aromatic N) is 1. The summed E-state index contributed by atoms with van der Waals surface area (Å²) in [6.07, 6.45) is 0. The highest BCUT2D eigenvalue weighted by molar-refractivity contribution is 5.93. The van der Waals surface area contributed by atoms with Gasteiger partial charge in [0.05, 0.1) is 0 Å². The van der Waals surface area contributed by atoms with Gasteiger partial charge in [0.2, 0.25) is 5.91 Å². The molecule has 0 fully saturated rings. The van der Waals surface area contributed by atoms with Crippen LogP contribution in [-0.4, -0.2) is 36.5 Å². The van der Waals surface area contributed by atoms with Crippen LogP contribution in [0.5, 0.6) is 0 Å². The molecule has 1 aromatic carbocycles. The molecular formula is C14H22N4O2. The Balaban J connectivity index is 2.52. The molecule has 0 aliphatic carbocycles. The molecule has 1 unspecified atom stereocenters. The van der Waals surface area contributed by atoms with Gasteiger partial charge in [-0.3, -0.25) is 4.79 Å². The molecular weight excluding hydrogens is 256 g/mol. The molecule has 0 bridgehead atoms. The van der Waals surface area contributed by atoms with Crippen LogP contribution >= 0.6 is 0 Å². The van der Waals surface area contributed by atoms with Crippen LogP contribution < -0.4 is 16.4 Å². The van der Waals surface area contributed by atoms with Gasteiger partial charge in [0.15, 0.2) is 0 Å². The number of hydrogen-bond acceptors (Lipinski definition) is 3. The molecule has 0 spiro atoms. The molecule has 0 aliphatic heterocycles. The summed E-state index contributed by atoms with van der Waals surface area (Å²) in [6.45, 7) is 4.60. The first-order chi connectivity index (χ1) is 9.47. The molecule has 6 nitrogen and oxygen atoms in total. The highest BCUT2D eigenvalue weighted by Crippen LogP contribution is 2.08. The number of likely N-dealkylation sites (N-methyl/N-ethyl adjacent to an activating group) is 1. The molecule has 1 atom stereocenters. The summed E-state index contributed by atoms with van der Waals surface area (Å²) in [5.74, 6) is -0.124. The van der Waals surface area contributed by atoms with Gasteiger partial charge >= 0.3 is 6.03 Å². The zero-order chi connectivity index (χ0) is 15.1. The summed E-state index contributed by atoms with van der Waals surface area (Å²) in [7, 11) is 1.70. The first-order valence-corrected chi connectivity index (χ1v) is 6.59. The smallest absolute Gasteiger partial charge is 0.319 e. The van der Waals surface area contributed by atoms with E-state index in [1.165, 1.54) is 0 Å². The second kappa shape index (κ2) is 7.49. The van der Waals surface area contributed by atoms with Crippen LogP contribution in [0.3, 0.4) is 0 Å². The molecule has 0 aliphatic rings. The standard InChI is InChI=1S/C14H22N4O2/c1-4-18(3)13(19)10(2)16-14(20)17-12-7-5-11(9-15)6-8-12/h5-8,10H,4,9,15H2,1-3H3,(H2,16,17,20). The monoisotopic (exact) mass is 278 g/mol. The van der Waals surface area contributed by atoms with Crippen LogP contribution in [0.25, 0.3) is 0 Å². The van der Waals surface area contributed by atoms with Crippen molar-refractivity contribution in [3.63, 3.8) is 0 Å². The van der Waals surface area contributed by atoms with Crippen molar-refractivity contribution >= 4 is 17.6 Å². The number of anilines is 1. The minimum absolute atomic E-state index is 0.124. The number of amides is 3. The van der Waals surface area contributed by atoms with Crippen LogP contribution in [0.1, 0.15) is 19.4 Å². The Kier molecular flexibility index (Phi) is 5.99. The number of benzene rings is 1. The van der Waals surface area contributed by atoms with E-state index in [4.69, 9.17) is 5.73 Å². The van der Waals surface area contributed by atoms with Gasteiger partial charge in [0.25, 0.3) is 0 Å². The molecule has 0 radical (unpaired) electrons. The molecule has 0 saturated carbocycles. The largest absolute Gasteiger partial charge is 0.344 e. The number of hydrogen-bond donors (Lipinski definition) is 3. The Morgan fingerprint density at radius 1 is 1.30 bits per heavy atom. The number of rotatable bonds is 5. The Bertz CT molecular complexity index is 459. The summed E-state index contributed by atoms with van der Waals surface area (Å²) in [4.78, 5) is 25.1. The zero-order valence-corrected chi connectivity index (χ0v) is 12.1. The third-order valence-corrected chi connectivity index (χ3v) is 3.02. The second-order valence-electron chi connectivity index (χ2n) is 4.57. The van der Waals surface area contributed by atoms with Gasteiger partial charge in [-0.2, -0.15) is 0 Å². The molecule has 110 valence electrons. The van der Waals surface area contributed by atoms with E-state index in [1.54, 1.807) is 31.0 Å². The zero-order valence-electron chi connectivity index (χ0n) is 12.1. The maximum atomic E-state index is 11.8. The van der Waals surface area contributed by atoms with E-state index in [2.05, 4.69) is 10.6 Å². The number of nitrogens with one attached hydrogen (secondary N) is 2. The molecule has 20 heavy (non-hydrogen) atoms. The van der Waals surface area contributed by atoms with Gasteiger partial charge in [0.1, 0.15) is 6.04 Å². The first-order valence-electron chi connectivity index (χ1n) is 6.59. The van der Waals surface area contributed by atoms with Crippen molar-refractivity contribution in [2.75, 3.05) is 18.9 Å². The highest BCUT2D eigenvalue weighted by atomic mass is 16.2. The van der Waals surface area contributed by atoms with Crippen molar-refractivity contribution in [1.82, 2.24) is 10.2 Å². The number of urea groups is 1. The predicted octanol–water partition coefficient (Wildman–Crippen LogP) is 1.13. The minimum Gasteiger partial charge on any atom is -0.344 e. The topological polar surface area (TPSA) is 87.5 Å². The first kappa shape index (κ1) is 16.0. The fourth-order valence-electron chi connectivity index (χ4n) is 1.64. The minimum atomic E-state index is -0.566. The molecule has 0 aromatic heterocycles. The van der Waals surface area contributed by atoms with Crippen LogP contribution in [0, 0.1) is 0 Å². The van der Waals surface area contributed by atoms with Crippen LogP contribution in [-0.2, 0) is 11.3 Å². The van der Waals surface area contributed by atoms with E-state index in [0.717, 1.165) is 5.56 Å². The Labute approximate surface area is 119 Å². The second-order valence-corrected chi connectivity index (χ2v) is 4.57. The number of carbonyl (C=O) groups excluding carboxylic acids is 2. The van der Waals surface area contributed by atoms with E-state index in [-0.39, 0.29) is 5.91 Å². The molecule has 1 rings (SSSR count). The lowest BCUT2D eigenvalue weighted by atomic mass is 10.2. The Hall–Kier alpha value is -2.08. The van der Waals surface area contributed by atoms with Gasteiger partial charge in [-0.15, -0.1) is 0 Å². The van der Waals surface area contributed by atoms with Gasteiger partial charge in [-0.25, -0.2) is 4.79 Å². The summed E-state index contributed by atoms with van der Waals surface area (Å²) >= 11 is 0. The van der Waals surface area contributed by atoms with Gasteiger partial charge in [-0.05, 0) is 31.5 Å². The molecule has 4 N–H and O–H groups in total. The molecule has 0 saturated heterocycles. The summed E-state index contributed by atoms with van der Waals surface area (Å²) in [6, 6.07) is 6.25. The van der Waals surface area contributed by atoms with Gasteiger partial charge in [-0.1, -0.05) is 12.1 Å². The van der Waals surface area contributed by atoms with E-state index in [0.29, 0.717) is 18.8 Å². The van der Waals surface area contributed by atoms with Crippen molar-refractivity contribution in [3.8, 4) is 0 Å². The van der Waals surface area contributed by atoms with Crippen molar-refractivity contribution in [2.45, 2.75) is 26.4 Å². The average molecular weight is 278 g/mol. The molecule has 1 aromatic rings. The Morgan fingerprint density at radius 3 is 2.40 bits per heavy atom. The summed E-state index contributed by atoms with van der Waals surface area (Å²) < 4.78 is 0. The van der Waals surface area contributed by atoms with E-state index in [1.807, 2.05) is 19.1 Å². The third-order valence-electron chi connectivity index (χ3n) is 3.02. The fourth-order valence-corrected chi connectivity index (χ4v) is 1.64. The SMILES string of the molecule is CCN(C)C(=O)C(C)NC(=O)Nc1ccc(CN)cc1. The molecule has 3 amide bonds. The van der Waals surface area contributed by atoms with E-state index >= 15 is 0 Å². The normalized spacial score (nSPS) is 11.6. The molecule has 0 heterocycles. The predicted molar refractivity (Wildman–Crippen MR) is 79.3 cm³/mol. The van der Waals surface area contributed by atoms with Crippen LogP contribution in [0.4, 0.5) is 10.5 Å². The van der Waals surface area contributed by atoms with Gasteiger partial charge in [0, 0.05) is 25.8 Å². The van der Waals surface area contributed by atoms with E-state index < -0.39 is 12.1 Å². The fraction of sp³-hybridized carbons (Fsp3) is 0.429. The lowest BCUT2D eigenvalue weighted by Crippen LogP contribution is -2.46. The van der Waals surface area contributed by atoms with Crippen LogP contribution in [0.2, 0.25) is 0 Å². The maximum Gasteiger partial charge on any atom is 0.319 e. The number of nitrogens with two attached hydrogens (primary N) is 1. The highest BCUT2D eigenvalue weighted by Gasteiger charge is 2.18. The number of carbonyl (C=O) groups is 2. The van der Waals surface area contributed by atoms with Crippen molar-refractivity contribution in [3.05, 3.63) is 29.8 Å². The van der Waals surface area contributed by atoms with Gasteiger partial charge < -0.3 is 21.3 Å². The van der Waals surface area contributed by atoms with E-state index in [9.17, 15) is 9.59 Å². The molecule has 6 heteroatoms. The maximum absolute atomic E-state index is 11.8.